The topological polar surface area (TPSA) is 38.0 Å². The third kappa shape index (κ3) is 3.09. The number of fused-ring (bicyclic) bond motifs is 1. The molecule has 1 aromatic rings. The van der Waals surface area contributed by atoms with Gasteiger partial charge in [0, 0.05) is 11.1 Å². The SMILES string of the molecule is C/C=C\C=C(/C)n1ncc2c1C=CC(CCC)(C(O)CC)C2. The molecule has 0 fully saturated rings. The van der Waals surface area contributed by atoms with Gasteiger partial charge in [0.1, 0.15) is 0 Å². The van der Waals surface area contributed by atoms with Gasteiger partial charge in [0.05, 0.1) is 18.0 Å². The molecule has 1 aliphatic rings. The van der Waals surface area contributed by atoms with Crippen LogP contribution >= 0.6 is 0 Å². The van der Waals surface area contributed by atoms with Crippen LogP contribution in [0.15, 0.2) is 30.5 Å². The van der Waals surface area contributed by atoms with Crippen LogP contribution in [-0.2, 0) is 6.42 Å². The molecule has 0 radical (unpaired) electrons. The number of hydrogen-bond acceptors (Lipinski definition) is 2. The largest absolute Gasteiger partial charge is 0.392 e. The van der Waals surface area contributed by atoms with Crippen molar-refractivity contribution in [3.8, 4) is 0 Å². The molecule has 0 saturated heterocycles. The molecule has 0 spiro atoms. The van der Waals surface area contributed by atoms with Crippen LogP contribution in [0.3, 0.4) is 0 Å². The molecule has 22 heavy (non-hydrogen) atoms. The summed E-state index contributed by atoms with van der Waals surface area (Å²) in [5.74, 6) is 0. The summed E-state index contributed by atoms with van der Waals surface area (Å²) in [7, 11) is 0. The summed E-state index contributed by atoms with van der Waals surface area (Å²) in [5.41, 5.74) is 3.35. The molecule has 0 saturated carbocycles. The van der Waals surface area contributed by atoms with Gasteiger partial charge in [-0.25, -0.2) is 4.68 Å². The number of hydrogen-bond donors (Lipinski definition) is 1. The number of nitrogens with zero attached hydrogens (tertiary/aromatic N) is 2. The maximum atomic E-state index is 10.5. The van der Waals surface area contributed by atoms with Gasteiger partial charge in [0.25, 0.3) is 0 Å². The summed E-state index contributed by atoms with van der Waals surface area (Å²) in [5, 5.41) is 15.1. The molecule has 0 aromatic carbocycles. The normalized spacial score (nSPS) is 23.0. The van der Waals surface area contributed by atoms with Crippen LogP contribution in [-0.4, -0.2) is 21.0 Å². The lowest BCUT2D eigenvalue weighted by Crippen LogP contribution is -2.36. The van der Waals surface area contributed by atoms with Crippen LogP contribution in [0.4, 0.5) is 0 Å². The van der Waals surface area contributed by atoms with Crippen molar-refractivity contribution >= 4 is 11.8 Å². The Labute approximate surface area is 134 Å². The zero-order valence-corrected chi connectivity index (χ0v) is 14.2. The van der Waals surface area contributed by atoms with Crippen LogP contribution < -0.4 is 0 Å². The fourth-order valence-electron chi connectivity index (χ4n) is 3.39. The predicted molar refractivity (Wildman–Crippen MR) is 93.4 cm³/mol. The molecule has 2 rings (SSSR count). The zero-order valence-electron chi connectivity index (χ0n) is 14.2. The number of rotatable bonds is 6. The van der Waals surface area contributed by atoms with Gasteiger partial charge in [0.15, 0.2) is 0 Å². The maximum Gasteiger partial charge on any atom is 0.0694 e. The molecule has 3 nitrogen and oxygen atoms in total. The highest BCUT2D eigenvalue weighted by Gasteiger charge is 2.37. The van der Waals surface area contributed by atoms with Crippen molar-refractivity contribution in [2.45, 2.75) is 59.5 Å². The molecule has 1 heterocycles. The second kappa shape index (κ2) is 7.10. The first kappa shape index (κ1) is 16.8. The molecule has 2 atom stereocenters. The summed E-state index contributed by atoms with van der Waals surface area (Å²) >= 11 is 0. The highest BCUT2D eigenvalue weighted by molar-refractivity contribution is 5.60. The molecular weight excluding hydrogens is 272 g/mol. The van der Waals surface area contributed by atoms with E-state index in [4.69, 9.17) is 0 Å². The first-order chi connectivity index (χ1) is 10.6. The monoisotopic (exact) mass is 300 g/mol. The third-order valence-electron chi connectivity index (χ3n) is 4.61. The molecule has 1 aliphatic carbocycles. The van der Waals surface area contributed by atoms with Crippen LogP contribution in [0.5, 0.6) is 0 Å². The summed E-state index contributed by atoms with van der Waals surface area (Å²) in [6.07, 6.45) is 15.9. The molecule has 3 heteroatoms. The quantitative estimate of drug-likeness (QED) is 0.788. The van der Waals surface area contributed by atoms with Crippen molar-refractivity contribution in [2.75, 3.05) is 0 Å². The fraction of sp³-hybridized carbons (Fsp3) is 0.526. The molecule has 1 N–H and O–H groups in total. The van der Waals surface area contributed by atoms with Crippen molar-refractivity contribution in [1.29, 1.82) is 0 Å². The van der Waals surface area contributed by atoms with E-state index in [2.05, 4.69) is 44.1 Å². The van der Waals surface area contributed by atoms with Crippen LogP contribution in [0.25, 0.3) is 11.8 Å². The molecule has 2 unspecified atom stereocenters. The fourth-order valence-corrected chi connectivity index (χ4v) is 3.39. The highest BCUT2D eigenvalue weighted by atomic mass is 16.3. The second-order valence-electron chi connectivity index (χ2n) is 6.22. The molecule has 0 bridgehead atoms. The van der Waals surface area contributed by atoms with E-state index in [9.17, 15) is 5.11 Å². The Morgan fingerprint density at radius 3 is 2.91 bits per heavy atom. The molecule has 1 aromatic heterocycles. The van der Waals surface area contributed by atoms with Gasteiger partial charge in [-0.3, -0.25) is 0 Å². The number of allylic oxidation sites excluding steroid dienone is 4. The summed E-state index contributed by atoms with van der Waals surface area (Å²) in [6.45, 7) is 8.31. The van der Waals surface area contributed by atoms with E-state index in [1.807, 2.05) is 30.0 Å². The molecule has 0 amide bonds. The van der Waals surface area contributed by atoms with Crippen molar-refractivity contribution in [3.05, 3.63) is 41.8 Å². The molecular formula is C19H28N2O. The van der Waals surface area contributed by atoms with Crippen molar-refractivity contribution < 1.29 is 5.11 Å². The molecule has 120 valence electrons. The minimum absolute atomic E-state index is 0.134. The summed E-state index contributed by atoms with van der Waals surface area (Å²) in [6, 6.07) is 0. The summed E-state index contributed by atoms with van der Waals surface area (Å²) < 4.78 is 1.99. The van der Waals surface area contributed by atoms with Crippen LogP contribution in [0.1, 0.15) is 58.2 Å². The number of aromatic nitrogens is 2. The Morgan fingerprint density at radius 1 is 1.50 bits per heavy atom. The smallest absolute Gasteiger partial charge is 0.0694 e. The number of aliphatic hydroxyl groups excluding tert-OH is 1. The Kier molecular flexibility index (Phi) is 5.41. The minimum atomic E-state index is -0.292. The van der Waals surface area contributed by atoms with Crippen molar-refractivity contribution in [1.82, 2.24) is 9.78 Å². The highest BCUT2D eigenvalue weighted by Crippen LogP contribution is 2.40. The van der Waals surface area contributed by atoms with E-state index >= 15 is 0 Å². The van der Waals surface area contributed by atoms with E-state index in [-0.39, 0.29) is 11.5 Å². The zero-order chi connectivity index (χ0) is 16.2. The lowest BCUT2D eigenvalue weighted by Gasteiger charge is -2.37. The first-order valence-electron chi connectivity index (χ1n) is 8.32. The Hall–Kier alpha value is -1.61. The van der Waals surface area contributed by atoms with E-state index in [0.717, 1.165) is 37.1 Å². The van der Waals surface area contributed by atoms with Gasteiger partial charge in [-0.05, 0) is 50.8 Å². The van der Waals surface area contributed by atoms with Gasteiger partial charge < -0.3 is 5.11 Å². The van der Waals surface area contributed by atoms with E-state index in [1.165, 1.54) is 5.56 Å². The van der Waals surface area contributed by atoms with Crippen molar-refractivity contribution in [3.63, 3.8) is 0 Å². The van der Waals surface area contributed by atoms with Crippen LogP contribution in [0.2, 0.25) is 0 Å². The van der Waals surface area contributed by atoms with Crippen LogP contribution in [0, 0.1) is 5.41 Å². The first-order valence-corrected chi connectivity index (χ1v) is 8.32. The minimum Gasteiger partial charge on any atom is -0.392 e. The third-order valence-corrected chi connectivity index (χ3v) is 4.61. The Morgan fingerprint density at radius 2 is 2.27 bits per heavy atom. The van der Waals surface area contributed by atoms with Gasteiger partial charge in [-0.1, -0.05) is 38.5 Å². The Bertz CT molecular complexity index is 595. The maximum absolute atomic E-state index is 10.5. The number of aliphatic hydroxyl groups is 1. The summed E-state index contributed by atoms with van der Waals surface area (Å²) in [4.78, 5) is 0. The van der Waals surface area contributed by atoms with Gasteiger partial charge in [0.2, 0.25) is 0 Å². The van der Waals surface area contributed by atoms with E-state index in [1.54, 1.807) is 0 Å². The average molecular weight is 300 g/mol. The second-order valence-corrected chi connectivity index (χ2v) is 6.22. The van der Waals surface area contributed by atoms with Gasteiger partial charge in [-0.15, -0.1) is 0 Å². The Balaban J connectivity index is 2.36. The predicted octanol–water partition coefficient (Wildman–Crippen LogP) is 4.45. The standard InChI is InChI=1S/C19H28N2O/c1-5-8-9-15(4)21-17-10-12-19(11-6-2,18(22)7-3)13-16(17)14-20-21/h5,8-10,12,14,18,22H,6-7,11,13H2,1-4H3/b8-5-,15-9+. The van der Waals surface area contributed by atoms with Gasteiger partial charge in [-0.2, -0.15) is 5.10 Å². The van der Waals surface area contributed by atoms with Crippen molar-refractivity contribution in [2.24, 2.45) is 5.41 Å². The lowest BCUT2D eigenvalue weighted by molar-refractivity contribution is 0.0478. The molecule has 0 aliphatic heterocycles. The lowest BCUT2D eigenvalue weighted by atomic mass is 9.70. The van der Waals surface area contributed by atoms with E-state index < -0.39 is 0 Å². The average Bonchev–Trinajstić information content (AvgIpc) is 2.94. The van der Waals surface area contributed by atoms with Gasteiger partial charge >= 0.3 is 0 Å². The van der Waals surface area contributed by atoms with E-state index in [0.29, 0.717) is 0 Å².